The fourth-order valence-corrected chi connectivity index (χ4v) is 2.60. The first-order valence-electron chi connectivity index (χ1n) is 5.62. The van der Waals surface area contributed by atoms with Gasteiger partial charge in [0.2, 0.25) is 0 Å². The average molecular weight is 186 g/mol. The molecule has 0 amide bonds. The van der Waals surface area contributed by atoms with E-state index in [1.54, 1.807) is 0 Å². The number of hydrogen-bond acceptors (Lipinski definition) is 0. The van der Waals surface area contributed by atoms with Crippen LogP contribution < -0.4 is 0 Å². The van der Waals surface area contributed by atoms with Crippen molar-refractivity contribution in [3.8, 4) is 0 Å². The summed E-state index contributed by atoms with van der Waals surface area (Å²) in [6, 6.07) is 0. The molecule has 0 N–H and O–H groups in total. The summed E-state index contributed by atoms with van der Waals surface area (Å²) in [5, 5.41) is 4.48. The molecule has 74 valence electrons. The molecule has 0 nitrogen and oxygen atoms in total. The molecular weight excluding hydrogens is 159 g/mol. The lowest BCUT2D eigenvalue weighted by Crippen LogP contribution is -2.04. The Morgan fingerprint density at radius 3 is 1.08 bits per heavy atom. The summed E-state index contributed by atoms with van der Waals surface area (Å²) >= 11 is -0.171. The Kier molecular flexibility index (Phi) is 14.4. The zero-order valence-electron chi connectivity index (χ0n) is 9.98. The first kappa shape index (κ1) is 15.0. The lowest BCUT2D eigenvalue weighted by atomic mass is 10.2. The molecule has 0 unspecified atom stereocenters. The van der Waals surface area contributed by atoms with Crippen molar-refractivity contribution in [2.45, 2.75) is 63.8 Å². The smallest absolute Gasteiger partial charge is 0.0967 e. The molecule has 0 rings (SSSR count). The van der Waals surface area contributed by atoms with E-state index in [1.807, 2.05) is 0 Å². The van der Waals surface area contributed by atoms with Crippen LogP contribution in [0.15, 0.2) is 0 Å². The Morgan fingerprint density at radius 1 is 0.833 bits per heavy atom. The van der Waals surface area contributed by atoms with Crippen molar-refractivity contribution in [2.75, 3.05) is 0 Å². The standard InChI is InChI=1S/C5H12.3C2H5.Al/c1-4-5(2)3;3*1-2;/h5H,4H2,1-3H3;3*1H2,2H3;. The molecule has 0 heterocycles. The van der Waals surface area contributed by atoms with E-state index in [1.165, 1.54) is 22.3 Å². The quantitative estimate of drug-likeness (QED) is 0.563. The van der Waals surface area contributed by atoms with Crippen molar-refractivity contribution < 1.29 is 0 Å². The second kappa shape index (κ2) is 11.5. The van der Waals surface area contributed by atoms with Gasteiger partial charge in [0, 0.05) is 0 Å². The van der Waals surface area contributed by atoms with Crippen LogP contribution in [-0.2, 0) is 0 Å². The van der Waals surface area contributed by atoms with Crippen molar-refractivity contribution >= 4 is 14.1 Å². The molecule has 0 radical (unpaired) electrons. The largest absolute Gasteiger partial charge is 0.261 e. The van der Waals surface area contributed by atoms with Gasteiger partial charge in [0.25, 0.3) is 14.1 Å². The molecule has 0 aliphatic heterocycles. The molecular formula is C11H27Al. The second-order valence-corrected chi connectivity index (χ2v) is 8.07. The maximum atomic E-state index is 2.32. The lowest BCUT2D eigenvalue weighted by molar-refractivity contribution is 0.626. The van der Waals surface area contributed by atoms with Crippen LogP contribution >= 0.6 is 0 Å². The Morgan fingerprint density at radius 2 is 1.08 bits per heavy atom. The minimum atomic E-state index is -0.171. The Bertz CT molecular complexity index is 59.9. The Balaban J connectivity index is 0. The average Bonchev–Trinajstić information content (AvgIpc) is 2.09. The summed E-state index contributed by atoms with van der Waals surface area (Å²) in [7, 11) is 0. The van der Waals surface area contributed by atoms with Crippen LogP contribution in [0.4, 0.5) is 0 Å². The van der Waals surface area contributed by atoms with E-state index >= 15 is 0 Å². The Hall–Kier alpha value is 0.532. The van der Waals surface area contributed by atoms with Gasteiger partial charge in [-0.1, -0.05) is 63.8 Å². The molecule has 0 aliphatic carbocycles. The van der Waals surface area contributed by atoms with Crippen molar-refractivity contribution in [2.24, 2.45) is 5.92 Å². The van der Waals surface area contributed by atoms with E-state index in [0.29, 0.717) is 0 Å². The summed E-state index contributed by atoms with van der Waals surface area (Å²) in [6.45, 7) is 13.6. The van der Waals surface area contributed by atoms with E-state index in [4.69, 9.17) is 0 Å². The van der Waals surface area contributed by atoms with Gasteiger partial charge < -0.3 is 0 Å². The van der Waals surface area contributed by atoms with Crippen LogP contribution in [0.5, 0.6) is 0 Å². The highest BCUT2D eigenvalue weighted by Crippen LogP contribution is 2.01. The van der Waals surface area contributed by atoms with Gasteiger partial charge in [0.05, 0.1) is 0 Å². The monoisotopic (exact) mass is 186 g/mol. The van der Waals surface area contributed by atoms with Gasteiger partial charge in [-0.15, -0.1) is 0 Å². The van der Waals surface area contributed by atoms with Crippen molar-refractivity contribution in [3.63, 3.8) is 0 Å². The van der Waals surface area contributed by atoms with E-state index in [2.05, 4.69) is 41.5 Å². The molecule has 0 fully saturated rings. The summed E-state index contributed by atoms with van der Waals surface area (Å²) < 4.78 is 0. The molecule has 1 heteroatoms. The summed E-state index contributed by atoms with van der Waals surface area (Å²) in [5.41, 5.74) is 0. The molecule has 0 bridgehead atoms. The normalized spacial score (nSPS) is 9.25. The Labute approximate surface area is 84.1 Å². The molecule has 0 aromatic heterocycles. The molecule has 0 aromatic carbocycles. The van der Waals surface area contributed by atoms with Crippen LogP contribution in [-0.4, -0.2) is 14.1 Å². The number of rotatable bonds is 4. The lowest BCUT2D eigenvalue weighted by Gasteiger charge is -1.97. The minimum Gasteiger partial charge on any atom is -0.0967 e. The van der Waals surface area contributed by atoms with E-state index < -0.39 is 0 Å². The molecule has 0 saturated carbocycles. The summed E-state index contributed by atoms with van der Waals surface area (Å²) in [4.78, 5) is 0. The van der Waals surface area contributed by atoms with Crippen molar-refractivity contribution in [1.82, 2.24) is 0 Å². The molecule has 0 aliphatic rings. The van der Waals surface area contributed by atoms with Gasteiger partial charge in [-0.3, -0.25) is 0 Å². The van der Waals surface area contributed by atoms with E-state index in [-0.39, 0.29) is 14.1 Å². The third kappa shape index (κ3) is 13.1. The second-order valence-electron chi connectivity index (χ2n) is 3.89. The van der Waals surface area contributed by atoms with Gasteiger partial charge >= 0.3 is 0 Å². The first-order valence-corrected chi connectivity index (χ1v) is 8.07. The van der Waals surface area contributed by atoms with Crippen molar-refractivity contribution in [1.29, 1.82) is 0 Å². The van der Waals surface area contributed by atoms with E-state index in [0.717, 1.165) is 5.92 Å². The van der Waals surface area contributed by atoms with Crippen LogP contribution in [0.1, 0.15) is 48.0 Å². The van der Waals surface area contributed by atoms with Crippen LogP contribution in [0.3, 0.4) is 0 Å². The molecule has 0 aromatic rings. The van der Waals surface area contributed by atoms with Crippen LogP contribution in [0, 0.1) is 5.92 Å². The SMILES string of the molecule is CCC(C)C.C[CH2][Al]([CH2]C)[CH2]C. The summed E-state index contributed by atoms with van der Waals surface area (Å²) in [5.74, 6) is 0.884. The van der Waals surface area contributed by atoms with Gasteiger partial charge in [0.1, 0.15) is 0 Å². The number of hydrogen-bond donors (Lipinski definition) is 0. The van der Waals surface area contributed by atoms with Gasteiger partial charge in [-0.2, -0.15) is 0 Å². The molecule has 0 atom stereocenters. The molecule has 12 heavy (non-hydrogen) atoms. The van der Waals surface area contributed by atoms with Gasteiger partial charge in [-0.05, 0) is 5.92 Å². The van der Waals surface area contributed by atoms with Crippen molar-refractivity contribution in [3.05, 3.63) is 0 Å². The fourth-order valence-electron chi connectivity index (χ4n) is 0.866. The molecule has 0 saturated heterocycles. The van der Waals surface area contributed by atoms with Gasteiger partial charge in [0.15, 0.2) is 0 Å². The highest BCUT2D eigenvalue weighted by Gasteiger charge is 2.05. The highest BCUT2D eigenvalue weighted by atomic mass is 27.2. The van der Waals surface area contributed by atoms with Gasteiger partial charge in [-0.25, -0.2) is 0 Å². The zero-order chi connectivity index (χ0) is 9.98. The maximum absolute atomic E-state index is 2.32. The zero-order valence-corrected chi connectivity index (χ0v) is 11.1. The highest BCUT2D eigenvalue weighted by molar-refractivity contribution is 6.58. The third-order valence-corrected chi connectivity index (χ3v) is 6.01. The predicted octanol–water partition coefficient (Wildman–Crippen LogP) is 4.59. The molecule has 0 spiro atoms. The predicted molar refractivity (Wildman–Crippen MR) is 62.3 cm³/mol. The first-order chi connectivity index (χ1) is 5.62. The maximum Gasteiger partial charge on any atom is 0.261 e. The topological polar surface area (TPSA) is 0 Å². The van der Waals surface area contributed by atoms with E-state index in [9.17, 15) is 0 Å². The van der Waals surface area contributed by atoms with Crippen LogP contribution in [0.2, 0.25) is 15.8 Å². The third-order valence-electron chi connectivity index (χ3n) is 2.55. The minimum absolute atomic E-state index is 0.171. The fraction of sp³-hybridized carbons (Fsp3) is 1.00. The van der Waals surface area contributed by atoms with Crippen LogP contribution in [0.25, 0.3) is 0 Å². The summed E-state index contributed by atoms with van der Waals surface area (Å²) in [6.07, 6.45) is 1.31.